The minimum atomic E-state index is -0.233. The highest BCUT2D eigenvalue weighted by molar-refractivity contribution is 5.45. The Morgan fingerprint density at radius 3 is 2.75 bits per heavy atom. The van der Waals surface area contributed by atoms with E-state index in [-0.39, 0.29) is 11.9 Å². The van der Waals surface area contributed by atoms with Crippen LogP contribution in [0.4, 0.5) is 4.39 Å². The van der Waals surface area contributed by atoms with Gasteiger partial charge in [-0.05, 0) is 43.2 Å². The summed E-state index contributed by atoms with van der Waals surface area (Å²) in [6.45, 7) is 3.56. The summed E-state index contributed by atoms with van der Waals surface area (Å²) in [4.78, 5) is 0. The van der Waals surface area contributed by atoms with E-state index < -0.39 is 0 Å². The Morgan fingerprint density at radius 2 is 2.19 bits per heavy atom. The largest absolute Gasteiger partial charge is 0.324 e. The van der Waals surface area contributed by atoms with Crippen molar-refractivity contribution in [3.05, 3.63) is 47.5 Å². The quantitative estimate of drug-likeness (QED) is 0.842. The minimum Gasteiger partial charge on any atom is -0.324 e. The van der Waals surface area contributed by atoms with Crippen LogP contribution in [-0.2, 0) is 0 Å². The number of hydrogen-bond donors (Lipinski definition) is 1. The maximum atomic E-state index is 13.5. The molecule has 1 aromatic heterocycles. The Morgan fingerprint density at radius 1 is 1.44 bits per heavy atom. The fourth-order valence-corrected chi connectivity index (χ4v) is 1.66. The van der Waals surface area contributed by atoms with Gasteiger partial charge >= 0.3 is 0 Å². The van der Waals surface area contributed by atoms with E-state index in [1.54, 1.807) is 23.9 Å². The molecular weight excluding hydrogens is 205 g/mol. The van der Waals surface area contributed by atoms with Gasteiger partial charge < -0.3 is 5.73 Å². The van der Waals surface area contributed by atoms with Crippen LogP contribution in [0.2, 0.25) is 0 Å². The van der Waals surface area contributed by atoms with Crippen molar-refractivity contribution in [2.75, 3.05) is 0 Å². The van der Waals surface area contributed by atoms with Crippen molar-refractivity contribution < 1.29 is 4.39 Å². The fraction of sp³-hybridized carbons (Fsp3) is 0.250. The summed E-state index contributed by atoms with van der Waals surface area (Å²) in [5.41, 5.74) is 8.01. The molecule has 0 aliphatic rings. The van der Waals surface area contributed by atoms with Crippen molar-refractivity contribution in [3.8, 4) is 5.69 Å². The first-order chi connectivity index (χ1) is 7.59. The molecule has 1 atom stereocenters. The molecule has 2 N–H and O–H groups in total. The normalized spacial score (nSPS) is 12.8. The lowest BCUT2D eigenvalue weighted by Gasteiger charge is -2.14. The zero-order valence-electron chi connectivity index (χ0n) is 9.31. The van der Waals surface area contributed by atoms with Crippen LogP contribution < -0.4 is 5.73 Å². The van der Waals surface area contributed by atoms with Gasteiger partial charge in [-0.2, -0.15) is 5.10 Å². The molecule has 0 bridgehead atoms. The Bertz CT molecular complexity index is 489. The van der Waals surface area contributed by atoms with E-state index in [2.05, 4.69) is 5.10 Å². The molecule has 2 rings (SSSR count). The molecule has 2 aromatic rings. The molecule has 1 heterocycles. The van der Waals surface area contributed by atoms with E-state index in [9.17, 15) is 4.39 Å². The predicted molar refractivity (Wildman–Crippen MR) is 60.9 cm³/mol. The number of nitrogens with zero attached hydrogens (tertiary/aromatic N) is 2. The lowest BCUT2D eigenvalue weighted by atomic mass is 10.0. The van der Waals surface area contributed by atoms with Gasteiger partial charge in [-0.15, -0.1) is 0 Å². The topological polar surface area (TPSA) is 43.8 Å². The van der Waals surface area contributed by atoms with Gasteiger partial charge in [0.05, 0.1) is 5.69 Å². The first kappa shape index (κ1) is 10.8. The molecule has 0 saturated carbocycles. The van der Waals surface area contributed by atoms with Crippen LogP contribution in [0.5, 0.6) is 0 Å². The van der Waals surface area contributed by atoms with Gasteiger partial charge in [0.15, 0.2) is 0 Å². The molecule has 16 heavy (non-hydrogen) atoms. The van der Waals surface area contributed by atoms with E-state index in [4.69, 9.17) is 5.73 Å². The molecule has 0 aliphatic carbocycles. The van der Waals surface area contributed by atoms with Gasteiger partial charge in [-0.3, -0.25) is 0 Å². The third-order valence-electron chi connectivity index (χ3n) is 2.55. The van der Waals surface area contributed by atoms with Gasteiger partial charge in [0.25, 0.3) is 0 Å². The first-order valence-electron chi connectivity index (χ1n) is 5.15. The van der Waals surface area contributed by atoms with E-state index in [0.29, 0.717) is 5.56 Å². The monoisotopic (exact) mass is 219 g/mol. The molecule has 1 aromatic carbocycles. The number of hydrogen-bond acceptors (Lipinski definition) is 2. The average Bonchev–Trinajstić information content (AvgIpc) is 2.74. The predicted octanol–water partition coefficient (Wildman–Crippen LogP) is 2.34. The second kappa shape index (κ2) is 4.06. The van der Waals surface area contributed by atoms with Crippen molar-refractivity contribution >= 4 is 0 Å². The van der Waals surface area contributed by atoms with Crippen LogP contribution in [0.15, 0.2) is 30.6 Å². The SMILES string of the molecule is Cc1cc(-n2cccn2)c([C@H](C)N)cc1F. The standard InChI is InChI=1S/C12H14FN3/c1-8-6-12(16-5-3-4-15-16)10(9(2)14)7-11(8)13/h3-7,9H,14H2,1-2H3/t9-/m0/s1. The van der Waals surface area contributed by atoms with Crippen LogP contribution in [0.3, 0.4) is 0 Å². The van der Waals surface area contributed by atoms with Crippen LogP contribution in [-0.4, -0.2) is 9.78 Å². The van der Waals surface area contributed by atoms with Gasteiger partial charge in [0, 0.05) is 18.4 Å². The van der Waals surface area contributed by atoms with Crippen LogP contribution in [0, 0.1) is 12.7 Å². The smallest absolute Gasteiger partial charge is 0.126 e. The summed E-state index contributed by atoms with van der Waals surface area (Å²) in [5, 5.41) is 4.14. The molecule has 0 amide bonds. The molecule has 0 aliphatic heterocycles. The third-order valence-corrected chi connectivity index (χ3v) is 2.55. The van der Waals surface area contributed by atoms with Crippen molar-refractivity contribution in [1.82, 2.24) is 9.78 Å². The van der Waals surface area contributed by atoms with Crippen LogP contribution >= 0.6 is 0 Å². The molecule has 0 unspecified atom stereocenters. The van der Waals surface area contributed by atoms with Crippen LogP contribution in [0.25, 0.3) is 5.69 Å². The Balaban J connectivity index is 2.63. The van der Waals surface area contributed by atoms with E-state index in [0.717, 1.165) is 11.3 Å². The Hall–Kier alpha value is -1.68. The summed E-state index contributed by atoms with van der Waals surface area (Å²) in [6.07, 6.45) is 3.50. The number of benzene rings is 1. The summed E-state index contributed by atoms with van der Waals surface area (Å²) in [6, 6.07) is 4.84. The zero-order chi connectivity index (χ0) is 11.7. The third kappa shape index (κ3) is 1.84. The van der Waals surface area contributed by atoms with Gasteiger partial charge in [-0.1, -0.05) is 0 Å². The van der Waals surface area contributed by atoms with Gasteiger partial charge in [0.2, 0.25) is 0 Å². The van der Waals surface area contributed by atoms with Gasteiger partial charge in [0.1, 0.15) is 5.82 Å². The number of nitrogens with two attached hydrogens (primary N) is 1. The van der Waals surface area contributed by atoms with E-state index in [1.807, 2.05) is 19.2 Å². The second-order valence-corrected chi connectivity index (χ2v) is 3.90. The number of halogens is 1. The summed E-state index contributed by atoms with van der Waals surface area (Å²) in [7, 11) is 0. The second-order valence-electron chi connectivity index (χ2n) is 3.90. The van der Waals surface area contributed by atoms with Crippen molar-refractivity contribution in [2.45, 2.75) is 19.9 Å². The molecule has 0 radical (unpaired) electrons. The Labute approximate surface area is 93.7 Å². The number of aryl methyl sites for hydroxylation is 1. The maximum absolute atomic E-state index is 13.5. The molecule has 0 fully saturated rings. The maximum Gasteiger partial charge on any atom is 0.126 e. The minimum absolute atomic E-state index is 0.228. The number of aromatic nitrogens is 2. The lowest BCUT2D eigenvalue weighted by Crippen LogP contribution is -2.11. The van der Waals surface area contributed by atoms with Crippen molar-refractivity contribution in [1.29, 1.82) is 0 Å². The fourth-order valence-electron chi connectivity index (χ4n) is 1.66. The lowest BCUT2D eigenvalue weighted by molar-refractivity contribution is 0.611. The van der Waals surface area contributed by atoms with Crippen LogP contribution in [0.1, 0.15) is 24.1 Å². The molecular formula is C12H14FN3. The molecule has 4 heteroatoms. The molecule has 0 spiro atoms. The number of rotatable bonds is 2. The molecule has 0 saturated heterocycles. The molecule has 84 valence electrons. The molecule has 3 nitrogen and oxygen atoms in total. The average molecular weight is 219 g/mol. The zero-order valence-corrected chi connectivity index (χ0v) is 9.31. The summed E-state index contributed by atoms with van der Waals surface area (Å²) in [5.74, 6) is -0.233. The van der Waals surface area contributed by atoms with Crippen molar-refractivity contribution in [3.63, 3.8) is 0 Å². The summed E-state index contributed by atoms with van der Waals surface area (Å²) >= 11 is 0. The Kier molecular flexibility index (Phi) is 2.75. The van der Waals surface area contributed by atoms with E-state index in [1.165, 1.54) is 6.07 Å². The highest BCUT2D eigenvalue weighted by Crippen LogP contribution is 2.23. The summed E-state index contributed by atoms with van der Waals surface area (Å²) < 4.78 is 15.2. The van der Waals surface area contributed by atoms with Crippen molar-refractivity contribution in [2.24, 2.45) is 5.73 Å². The highest BCUT2D eigenvalue weighted by Gasteiger charge is 2.12. The highest BCUT2D eigenvalue weighted by atomic mass is 19.1. The first-order valence-corrected chi connectivity index (χ1v) is 5.15. The van der Waals surface area contributed by atoms with E-state index >= 15 is 0 Å². The van der Waals surface area contributed by atoms with Gasteiger partial charge in [-0.25, -0.2) is 9.07 Å².